The molecule has 31 heavy (non-hydrogen) atoms. The number of pyridine rings is 3. The third-order valence-electron chi connectivity index (χ3n) is 4.49. The van der Waals surface area contributed by atoms with Crippen molar-refractivity contribution in [1.82, 2.24) is 19.9 Å². The van der Waals surface area contributed by atoms with Crippen LogP contribution in [0, 0.1) is 0 Å². The van der Waals surface area contributed by atoms with Crippen molar-refractivity contribution in [3.05, 3.63) is 52.6 Å². The van der Waals surface area contributed by atoms with E-state index in [1.54, 1.807) is 12.4 Å². The van der Waals surface area contributed by atoms with Crippen molar-refractivity contribution < 1.29 is 10.2 Å². The summed E-state index contributed by atoms with van der Waals surface area (Å²) in [4.78, 5) is 22.0. The van der Waals surface area contributed by atoms with Crippen LogP contribution in [-0.2, 0) is 13.1 Å². The summed E-state index contributed by atoms with van der Waals surface area (Å²) in [7, 11) is 0. The zero-order chi connectivity index (χ0) is 22.4. The van der Waals surface area contributed by atoms with Crippen LogP contribution in [0.15, 0.2) is 41.5 Å². The predicted octanol–water partition coefficient (Wildman–Crippen LogP) is 1.82. The Bertz CT molecular complexity index is 1090. The van der Waals surface area contributed by atoms with Gasteiger partial charge in [0.25, 0.3) is 5.56 Å². The van der Waals surface area contributed by atoms with E-state index in [9.17, 15) is 9.90 Å². The highest BCUT2D eigenvalue weighted by Gasteiger charge is 2.17. The smallest absolute Gasteiger partial charge is 0.262 e. The van der Waals surface area contributed by atoms with Crippen LogP contribution in [-0.4, -0.2) is 50.0 Å². The second kappa shape index (κ2) is 9.86. The summed E-state index contributed by atoms with van der Waals surface area (Å²) in [6.45, 7) is 7.33. The molecule has 166 valence electrons. The molecular weight excluding hydrogens is 396 g/mol. The van der Waals surface area contributed by atoms with E-state index in [-0.39, 0.29) is 30.9 Å². The van der Waals surface area contributed by atoms with Crippen LogP contribution in [0.25, 0.3) is 10.8 Å². The van der Waals surface area contributed by atoms with Crippen LogP contribution in [0.1, 0.15) is 26.3 Å². The van der Waals surface area contributed by atoms with Gasteiger partial charge in [-0.1, -0.05) is 0 Å². The van der Waals surface area contributed by atoms with Crippen LogP contribution in [0.3, 0.4) is 0 Å². The minimum absolute atomic E-state index is 0.0841. The predicted molar refractivity (Wildman–Crippen MR) is 123 cm³/mol. The maximum Gasteiger partial charge on any atom is 0.262 e. The number of aliphatic hydroxyl groups excluding tert-OH is 2. The van der Waals surface area contributed by atoms with Gasteiger partial charge in [-0.05, 0) is 56.0 Å². The van der Waals surface area contributed by atoms with E-state index in [0.717, 1.165) is 10.9 Å². The molecule has 0 radical (unpaired) electrons. The zero-order valence-corrected chi connectivity index (χ0v) is 18.1. The van der Waals surface area contributed by atoms with Gasteiger partial charge in [0.15, 0.2) is 0 Å². The number of fused-ring (bicyclic) bond motifs is 1. The van der Waals surface area contributed by atoms with Crippen molar-refractivity contribution in [2.45, 2.75) is 39.4 Å². The minimum atomic E-state index is -0.306. The summed E-state index contributed by atoms with van der Waals surface area (Å²) in [6, 6.07) is 7.47. The number of anilines is 3. The second-order valence-corrected chi connectivity index (χ2v) is 8.31. The summed E-state index contributed by atoms with van der Waals surface area (Å²) < 4.78 is 1.48. The maximum absolute atomic E-state index is 13.0. The molecule has 0 saturated heterocycles. The fraction of sp³-hybridized carbons (Fsp3) is 0.409. The molecule has 0 aromatic carbocycles. The third kappa shape index (κ3) is 6.00. The van der Waals surface area contributed by atoms with Gasteiger partial charge in [-0.3, -0.25) is 4.79 Å². The molecule has 3 aromatic rings. The van der Waals surface area contributed by atoms with Crippen molar-refractivity contribution in [3.8, 4) is 0 Å². The van der Waals surface area contributed by atoms with Crippen LogP contribution >= 0.6 is 0 Å². The first-order valence-corrected chi connectivity index (χ1v) is 10.3. The molecule has 0 unspecified atom stereocenters. The topological polar surface area (TPSA) is 124 Å². The standard InChI is InChI=1S/C22H30N6O3/c1-22(2,3)27-20-19-16(5-8-28(9-11-30)21(19)31)13-18(26-20)25-17-12-15(4-6-24-17)14-23-7-10-29/h4-6,8,12-13,23,29-30H,7,9-11,14H2,1-3H3,(H2,24,25,26,27). The number of aromatic nitrogens is 3. The van der Waals surface area contributed by atoms with E-state index in [4.69, 9.17) is 5.11 Å². The average Bonchev–Trinajstić information content (AvgIpc) is 2.69. The van der Waals surface area contributed by atoms with Crippen LogP contribution in [0.5, 0.6) is 0 Å². The Hall–Kier alpha value is -3.01. The van der Waals surface area contributed by atoms with Gasteiger partial charge in [0, 0.05) is 37.6 Å². The fourth-order valence-corrected chi connectivity index (χ4v) is 3.19. The average molecular weight is 427 g/mol. The van der Waals surface area contributed by atoms with Gasteiger partial charge in [-0.15, -0.1) is 0 Å². The van der Waals surface area contributed by atoms with Crippen molar-refractivity contribution in [3.63, 3.8) is 0 Å². The van der Waals surface area contributed by atoms with Crippen LogP contribution in [0.4, 0.5) is 17.5 Å². The maximum atomic E-state index is 13.0. The molecule has 0 spiro atoms. The van der Waals surface area contributed by atoms with Gasteiger partial charge < -0.3 is 30.7 Å². The molecule has 0 fully saturated rings. The first kappa shape index (κ1) is 22.7. The quantitative estimate of drug-likeness (QED) is 0.328. The Kier molecular flexibility index (Phi) is 7.21. The molecule has 3 aromatic heterocycles. The lowest BCUT2D eigenvalue weighted by Crippen LogP contribution is -2.29. The first-order valence-electron chi connectivity index (χ1n) is 10.3. The molecule has 0 amide bonds. The van der Waals surface area contributed by atoms with Crippen molar-refractivity contribution in [2.75, 3.05) is 30.4 Å². The highest BCUT2D eigenvalue weighted by molar-refractivity contribution is 5.93. The lowest BCUT2D eigenvalue weighted by molar-refractivity contribution is 0.274. The largest absolute Gasteiger partial charge is 0.395 e. The molecule has 3 heterocycles. The van der Waals surface area contributed by atoms with Gasteiger partial charge in [0.1, 0.15) is 17.5 Å². The van der Waals surface area contributed by atoms with Gasteiger partial charge in [-0.25, -0.2) is 9.97 Å². The Labute approximate surface area is 181 Å². The highest BCUT2D eigenvalue weighted by Crippen LogP contribution is 2.26. The molecule has 9 nitrogen and oxygen atoms in total. The summed E-state index contributed by atoms with van der Waals surface area (Å²) in [5, 5.41) is 29.1. The number of aliphatic hydroxyl groups is 2. The number of hydrogen-bond acceptors (Lipinski definition) is 8. The molecule has 3 rings (SSSR count). The minimum Gasteiger partial charge on any atom is -0.395 e. The van der Waals surface area contributed by atoms with E-state index in [1.807, 2.05) is 45.0 Å². The van der Waals surface area contributed by atoms with E-state index in [0.29, 0.717) is 35.9 Å². The molecule has 9 heteroatoms. The third-order valence-corrected chi connectivity index (χ3v) is 4.49. The number of nitrogens with zero attached hydrogens (tertiary/aromatic N) is 3. The first-order chi connectivity index (χ1) is 14.8. The van der Waals surface area contributed by atoms with E-state index < -0.39 is 0 Å². The number of nitrogens with one attached hydrogen (secondary N) is 3. The van der Waals surface area contributed by atoms with Crippen molar-refractivity contribution >= 4 is 28.2 Å². The zero-order valence-electron chi connectivity index (χ0n) is 18.1. The summed E-state index contributed by atoms with van der Waals surface area (Å²) in [5.74, 6) is 1.67. The molecule has 0 saturated carbocycles. The Morgan fingerprint density at radius 2 is 1.90 bits per heavy atom. The van der Waals surface area contributed by atoms with Crippen LogP contribution in [0.2, 0.25) is 0 Å². The van der Waals surface area contributed by atoms with Crippen molar-refractivity contribution in [1.29, 1.82) is 0 Å². The molecule has 0 bridgehead atoms. The van der Waals surface area contributed by atoms with Gasteiger partial charge in [-0.2, -0.15) is 0 Å². The molecule has 0 aliphatic heterocycles. The summed E-state index contributed by atoms with van der Waals surface area (Å²) >= 11 is 0. The highest BCUT2D eigenvalue weighted by atomic mass is 16.3. The molecule has 0 atom stereocenters. The molecule has 0 aliphatic rings. The number of hydrogen-bond donors (Lipinski definition) is 5. The van der Waals surface area contributed by atoms with E-state index in [1.165, 1.54) is 4.57 Å². The van der Waals surface area contributed by atoms with Crippen molar-refractivity contribution in [2.24, 2.45) is 0 Å². The number of rotatable bonds is 9. The lowest BCUT2D eigenvalue weighted by atomic mass is 10.1. The Balaban J connectivity index is 1.99. The summed E-state index contributed by atoms with van der Waals surface area (Å²) in [5.41, 5.74) is 0.512. The Morgan fingerprint density at radius 1 is 1.10 bits per heavy atom. The van der Waals surface area contributed by atoms with Gasteiger partial charge >= 0.3 is 0 Å². The van der Waals surface area contributed by atoms with Gasteiger partial charge in [0.2, 0.25) is 0 Å². The SMILES string of the molecule is CC(C)(C)Nc1nc(Nc2cc(CNCCO)ccn2)cc2ccn(CCO)c(=O)c12. The lowest BCUT2D eigenvalue weighted by Gasteiger charge is -2.23. The fourth-order valence-electron chi connectivity index (χ4n) is 3.19. The van der Waals surface area contributed by atoms with E-state index >= 15 is 0 Å². The summed E-state index contributed by atoms with van der Waals surface area (Å²) in [6.07, 6.45) is 3.39. The molecular formula is C22H30N6O3. The normalized spacial score (nSPS) is 11.6. The van der Waals surface area contributed by atoms with Gasteiger partial charge in [0.05, 0.1) is 18.6 Å². The second-order valence-electron chi connectivity index (χ2n) is 8.31. The Morgan fingerprint density at radius 3 is 2.61 bits per heavy atom. The van der Waals surface area contributed by atoms with Crippen LogP contribution < -0.4 is 21.5 Å². The molecule has 5 N–H and O–H groups in total. The monoisotopic (exact) mass is 426 g/mol. The van der Waals surface area contributed by atoms with E-state index in [2.05, 4.69) is 25.9 Å². The molecule has 0 aliphatic carbocycles.